The van der Waals surface area contributed by atoms with Crippen molar-refractivity contribution in [1.82, 2.24) is 15.0 Å². The van der Waals surface area contributed by atoms with E-state index in [4.69, 9.17) is 14.7 Å². The summed E-state index contributed by atoms with van der Waals surface area (Å²) in [4.78, 5) is 16.4. The monoisotopic (exact) mass is 453 g/mol. The zero-order valence-electron chi connectivity index (χ0n) is 19.1. The molecule has 2 fully saturated rings. The summed E-state index contributed by atoms with van der Waals surface area (Å²) < 4.78 is 5.75. The number of benzene rings is 2. The maximum absolute atomic E-state index is 5.75. The summed E-state index contributed by atoms with van der Waals surface area (Å²) in [5.41, 5.74) is 8.80. The van der Waals surface area contributed by atoms with Crippen LogP contribution in [0.1, 0.15) is 29.5 Å². The Balaban J connectivity index is 1.27. The number of allylic oxidation sites excluding steroid dienone is 2. The molecule has 0 saturated carbocycles. The zero-order chi connectivity index (χ0) is 22.9. The molecular formula is C26H27N7O. The van der Waals surface area contributed by atoms with Crippen molar-refractivity contribution in [2.24, 2.45) is 5.10 Å². The molecule has 3 aliphatic rings. The molecule has 1 aliphatic carbocycles. The van der Waals surface area contributed by atoms with Gasteiger partial charge in [0.15, 0.2) is 0 Å². The Morgan fingerprint density at radius 2 is 1.74 bits per heavy atom. The van der Waals surface area contributed by atoms with E-state index < -0.39 is 0 Å². The van der Waals surface area contributed by atoms with Crippen LogP contribution in [-0.4, -0.2) is 46.5 Å². The average Bonchev–Trinajstić information content (AvgIpc) is 3.38. The molecule has 6 rings (SSSR count). The predicted octanol–water partition coefficient (Wildman–Crippen LogP) is 4.33. The Bertz CT molecular complexity index is 1240. The Morgan fingerprint density at radius 1 is 0.971 bits per heavy atom. The predicted molar refractivity (Wildman–Crippen MR) is 135 cm³/mol. The molecule has 2 saturated heterocycles. The number of nitrogens with zero attached hydrogens (tertiary/aromatic N) is 5. The van der Waals surface area contributed by atoms with Crippen LogP contribution in [0.15, 0.2) is 59.7 Å². The van der Waals surface area contributed by atoms with Crippen molar-refractivity contribution in [2.45, 2.75) is 38.3 Å². The van der Waals surface area contributed by atoms with Crippen LogP contribution < -0.4 is 15.6 Å². The quantitative estimate of drug-likeness (QED) is 0.424. The minimum Gasteiger partial charge on any atom is -0.377 e. The Labute approximate surface area is 198 Å². The van der Waals surface area contributed by atoms with Gasteiger partial charge in [0.25, 0.3) is 0 Å². The fraction of sp³-hybridized carbons (Fsp3) is 0.308. The highest BCUT2D eigenvalue weighted by atomic mass is 16.5. The summed E-state index contributed by atoms with van der Waals surface area (Å²) in [7, 11) is 0. The van der Waals surface area contributed by atoms with E-state index in [-0.39, 0.29) is 0 Å². The third kappa shape index (κ3) is 4.12. The van der Waals surface area contributed by atoms with Crippen LogP contribution in [-0.2, 0) is 11.2 Å². The molecule has 34 heavy (non-hydrogen) atoms. The molecule has 2 unspecified atom stereocenters. The van der Waals surface area contributed by atoms with Crippen LogP contribution in [0.4, 0.5) is 23.5 Å². The van der Waals surface area contributed by atoms with Crippen LogP contribution in [0, 0.1) is 6.92 Å². The smallest absolute Gasteiger partial charge is 0.250 e. The number of anilines is 4. The molecule has 3 aromatic rings. The first-order valence-electron chi connectivity index (χ1n) is 11.8. The number of hydrogen-bond donors (Lipinski definition) is 2. The number of morpholine rings is 1. The van der Waals surface area contributed by atoms with E-state index in [0.29, 0.717) is 43.1 Å². The van der Waals surface area contributed by atoms with Crippen molar-refractivity contribution in [2.75, 3.05) is 28.9 Å². The Morgan fingerprint density at radius 3 is 2.56 bits per heavy atom. The molecule has 8 heteroatoms. The second-order valence-corrected chi connectivity index (χ2v) is 8.99. The second-order valence-electron chi connectivity index (χ2n) is 8.99. The first kappa shape index (κ1) is 20.8. The van der Waals surface area contributed by atoms with Gasteiger partial charge in [-0.2, -0.15) is 20.1 Å². The molecule has 0 radical (unpaired) electrons. The normalized spacial score (nSPS) is 21.0. The molecule has 2 bridgehead atoms. The number of nitrogens with one attached hydrogen (secondary N) is 2. The van der Waals surface area contributed by atoms with Crippen LogP contribution >= 0.6 is 0 Å². The summed E-state index contributed by atoms with van der Waals surface area (Å²) >= 11 is 0. The van der Waals surface area contributed by atoms with Crippen LogP contribution in [0.25, 0.3) is 5.57 Å². The minimum absolute atomic E-state index is 0.296. The van der Waals surface area contributed by atoms with Crippen molar-refractivity contribution in [3.8, 4) is 0 Å². The molecule has 2 N–H and O–H groups in total. The molecule has 0 amide bonds. The van der Waals surface area contributed by atoms with Crippen LogP contribution in [0.5, 0.6) is 0 Å². The summed E-state index contributed by atoms with van der Waals surface area (Å²) in [5, 5.41) is 7.78. The van der Waals surface area contributed by atoms with E-state index in [1.165, 1.54) is 16.7 Å². The zero-order valence-corrected chi connectivity index (χ0v) is 19.1. The topological polar surface area (TPSA) is 87.6 Å². The summed E-state index contributed by atoms with van der Waals surface area (Å²) in [6, 6.07) is 17.1. The average molecular weight is 454 g/mol. The van der Waals surface area contributed by atoms with Gasteiger partial charge < -0.3 is 15.0 Å². The van der Waals surface area contributed by atoms with E-state index >= 15 is 0 Å². The maximum atomic E-state index is 5.75. The number of ether oxygens (including phenoxy) is 1. The summed E-state index contributed by atoms with van der Waals surface area (Å²) in [5.74, 6) is 1.56. The second kappa shape index (κ2) is 8.87. The fourth-order valence-corrected chi connectivity index (χ4v) is 4.90. The molecule has 3 heterocycles. The third-order valence-corrected chi connectivity index (χ3v) is 6.64. The van der Waals surface area contributed by atoms with Crippen LogP contribution in [0.2, 0.25) is 0 Å². The van der Waals surface area contributed by atoms with Crippen molar-refractivity contribution in [3.05, 3.63) is 71.3 Å². The first-order valence-corrected chi connectivity index (χ1v) is 11.8. The number of hydrogen-bond acceptors (Lipinski definition) is 8. The third-order valence-electron chi connectivity index (χ3n) is 6.64. The van der Waals surface area contributed by atoms with Gasteiger partial charge in [-0.1, -0.05) is 48.0 Å². The van der Waals surface area contributed by atoms with Gasteiger partial charge in [-0.3, -0.25) is 0 Å². The number of fused-ring (bicyclic) bond motifs is 3. The van der Waals surface area contributed by atoms with Gasteiger partial charge in [-0.15, -0.1) is 0 Å². The Hall–Kier alpha value is -3.78. The van der Waals surface area contributed by atoms with Gasteiger partial charge in [-0.25, -0.2) is 5.43 Å². The molecule has 8 nitrogen and oxygen atoms in total. The van der Waals surface area contributed by atoms with Gasteiger partial charge >= 0.3 is 0 Å². The van der Waals surface area contributed by atoms with Gasteiger partial charge in [0, 0.05) is 5.69 Å². The minimum atomic E-state index is 0.296. The van der Waals surface area contributed by atoms with Crippen LogP contribution in [0.3, 0.4) is 0 Å². The lowest BCUT2D eigenvalue weighted by molar-refractivity contribution is 0.0897. The maximum Gasteiger partial charge on any atom is 0.250 e. The van der Waals surface area contributed by atoms with Crippen molar-refractivity contribution in [3.63, 3.8) is 0 Å². The lowest BCUT2D eigenvalue weighted by Crippen LogP contribution is -2.46. The summed E-state index contributed by atoms with van der Waals surface area (Å²) in [6.45, 7) is 3.48. The molecule has 172 valence electrons. The lowest BCUT2D eigenvalue weighted by atomic mass is 10.1. The number of aromatic nitrogens is 3. The highest BCUT2D eigenvalue weighted by Crippen LogP contribution is 2.33. The van der Waals surface area contributed by atoms with Gasteiger partial charge in [0.2, 0.25) is 17.8 Å². The molecular weight excluding hydrogens is 426 g/mol. The van der Waals surface area contributed by atoms with E-state index in [1.54, 1.807) is 0 Å². The van der Waals surface area contributed by atoms with Gasteiger partial charge in [-0.05, 0) is 55.0 Å². The van der Waals surface area contributed by atoms with E-state index in [1.807, 2.05) is 18.3 Å². The molecule has 1 aromatic heterocycles. The fourth-order valence-electron chi connectivity index (χ4n) is 4.90. The van der Waals surface area contributed by atoms with Crippen molar-refractivity contribution in [1.29, 1.82) is 0 Å². The number of aryl methyl sites for hydroxylation is 1. The van der Waals surface area contributed by atoms with Gasteiger partial charge in [0.1, 0.15) is 0 Å². The van der Waals surface area contributed by atoms with Gasteiger partial charge in [0.05, 0.1) is 31.5 Å². The van der Waals surface area contributed by atoms with Crippen molar-refractivity contribution < 1.29 is 4.74 Å². The standard InChI is InChI=1S/C26H27N7O/c1-17-6-10-20(11-7-17)28-24-29-25(31-26(30-24)33-21-12-13-22(33)16-34-15-21)32-27-14-19-9-8-18-4-2-3-5-23(18)19/h2-7,9-11,14,21-22H,8,12-13,15-16H2,1H3,(H2,28,29,30,31,32)/b27-14+. The molecule has 2 aromatic carbocycles. The van der Waals surface area contributed by atoms with E-state index in [2.05, 4.69) is 75.1 Å². The van der Waals surface area contributed by atoms with Crippen molar-refractivity contribution >= 4 is 35.3 Å². The largest absolute Gasteiger partial charge is 0.377 e. The molecule has 0 spiro atoms. The molecule has 2 aliphatic heterocycles. The van der Waals surface area contributed by atoms with E-state index in [0.717, 1.165) is 30.5 Å². The SMILES string of the molecule is Cc1ccc(Nc2nc(N/N=C/C3=CCc4ccccc43)nc(N3C4CCC3COC4)n2)cc1. The first-order chi connectivity index (χ1) is 16.7. The number of hydrazone groups is 1. The lowest BCUT2D eigenvalue weighted by Gasteiger charge is -2.34. The Kier molecular flexibility index (Phi) is 5.43. The number of rotatable bonds is 6. The summed E-state index contributed by atoms with van der Waals surface area (Å²) in [6.07, 6.45) is 7.13. The molecule has 2 atom stereocenters. The highest BCUT2D eigenvalue weighted by Gasteiger charge is 2.39. The van der Waals surface area contributed by atoms with E-state index in [9.17, 15) is 0 Å². The highest BCUT2D eigenvalue weighted by molar-refractivity contribution is 6.11.